The van der Waals surface area contributed by atoms with Gasteiger partial charge in [0.1, 0.15) is 10.6 Å². The van der Waals surface area contributed by atoms with Gasteiger partial charge >= 0.3 is 0 Å². The first-order valence-electron chi connectivity index (χ1n) is 5.81. The van der Waals surface area contributed by atoms with Crippen LogP contribution in [0.5, 0.6) is 0 Å². The van der Waals surface area contributed by atoms with E-state index in [0.717, 1.165) is 29.5 Å². The largest absolute Gasteiger partial charge is 0.390 e. The number of hydrogen-bond acceptors (Lipinski definition) is 4. The topological polar surface area (TPSA) is 42.4 Å². The van der Waals surface area contributed by atoms with Gasteiger partial charge < -0.3 is 9.84 Å². The highest BCUT2D eigenvalue weighted by Crippen LogP contribution is 2.43. The Balaban J connectivity index is 2.20. The van der Waals surface area contributed by atoms with Crippen LogP contribution in [0.25, 0.3) is 0 Å². The Morgan fingerprint density at radius 1 is 1.56 bits per heavy atom. The summed E-state index contributed by atoms with van der Waals surface area (Å²) in [5.74, 6) is 0.792. The minimum atomic E-state index is -0.190. The van der Waals surface area contributed by atoms with Crippen LogP contribution in [0, 0.1) is 5.92 Å². The molecule has 4 heteroatoms. The van der Waals surface area contributed by atoms with Crippen LogP contribution in [-0.2, 0) is 16.9 Å². The van der Waals surface area contributed by atoms with Crippen LogP contribution in [0.4, 0.5) is 0 Å². The minimum absolute atomic E-state index is 0.0205. The molecule has 3 nitrogen and oxygen atoms in total. The number of nitrogens with zero attached hydrogens (tertiary/aromatic N) is 1. The third-order valence-electron chi connectivity index (χ3n) is 3.58. The Hall–Kier alpha value is -0.450. The maximum atomic E-state index is 9.05. The molecular weight excluding hydrogens is 222 g/mol. The van der Waals surface area contributed by atoms with E-state index in [-0.39, 0.29) is 12.2 Å². The maximum absolute atomic E-state index is 9.05. The van der Waals surface area contributed by atoms with Crippen molar-refractivity contribution in [3.8, 4) is 0 Å². The normalized spacial score (nSPS) is 30.6. The average Bonchev–Trinajstić information content (AvgIpc) is 2.80. The lowest BCUT2D eigenvalue weighted by molar-refractivity contribution is -0.0532. The lowest BCUT2D eigenvalue weighted by Gasteiger charge is -2.36. The molecule has 2 rings (SSSR count). The summed E-state index contributed by atoms with van der Waals surface area (Å²) in [6, 6.07) is 0. The summed E-state index contributed by atoms with van der Waals surface area (Å²) >= 11 is 1.61. The molecule has 0 unspecified atom stereocenters. The van der Waals surface area contributed by atoms with Crippen molar-refractivity contribution in [2.75, 3.05) is 7.11 Å². The summed E-state index contributed by atoms with van der Waals surface area (Å²) < 4.78 is 5.74. The third kappa shape index (κ3) is 2.14. The Labute approximate surface area is 100 Å². The molecule has 0 atom stereocenters. The van der Waals surface area contributed by atoms with Gasteiger partial charge in [0.25, 0.3) is 0 Å². The standard InChI is InChI=1S/C12H19NO2S/c1-9-3-5-12(15-2,6-4-9)11-13-10(7-14)8-16-11/h8-9,14H,3-7H2,1-2H3. The third-order valence-corrected chi connectivity index (χ3v) is 4.65. The van der Waals surface area contributed by atoms with E-state index in [0.29, 0.717) is 0 Å². The van der Waals surface area contributed by atoms with Gasteiger partial charge in [-0.15, -0.1) is 11.3 Å². The van der Waals surface area contributed by atoms with Gasteiger partial charge in [-0.05, 0) is 31.6 Å². The van der Waals surface area contributed by atoms with Crippen LogP contribution in [0.1, 0.15) is 43.3 Å². The molecular formula is C12H19NO2S. The number of aliphatic hydroxyl groups excluding tert-OH is 1. The SMILES string of the molecule is COC1(c2nc(CO)cs2)CCC(C)CC1. The number of thiazole rings is 1. The summed E-state index contributed by atoms with van der Waals surface area (Å²) in [6.07, 6.45) is 4.48. The fourth-order valence-corrected chi connectivity index (χ4v) is 3.37. The van der Waals surface area contributed by atoms with Crippen LogP contribution in [0.3, 0.4) is 0 Å². The van der Waals surface area contributed by atoms with Gasteiger partial charge in [0.2, 0.25) is 0 Å². The molecule has 1 aromatic heterocycles. The number of hydrogen-bond donors (Lipinski definition) is 1. The molecule has 1 aliphatic carbocycles. The highest BCUT2D eigenvalue weighted by Gasteiger charge is 2.38. The van der Waals surface area contributed by atoms with Crippen molar-refractivity contribution in [3.63, 3.8) is 0 Å². The monoisotopic (exact) mass is 241 g/mol. The molecule has 0 saturated heterocycles. The molecule has 0 bridgehead atoms. The number of aliphatic hydroxyl groups is 1. The molecule has 16 heavy (non-hydrogen) atoms. The van der Waals surface area contributed by atoms with Gasteiger partial charge in [-0.25, -0.2) is 4.98 Å². The first-order valence-corrected chi connectivity index (χ1v) is 6.69. The molecule has 1 aromatic rings. The fourth-order valence-electron chi connectivity index (χ4n) is 2.32. The summed E-state index contributed by atoms with van der Waals surface area (Å²) in [4.78, 5) is 4.46. The zero-order chi connectivity index (χ0) is 11.6. The fraction of sp³-hybridized carbons (Fsp3) is 0.750. The van der Waals surface area contributed by atoms with Crippen LogP contribution in [-0.4, -0.2) is 17.2 Å². The Morgan fingerprint density at radius 2 is 2.25 bits per heavy atom. The summed E-state index contributed by atoms with van der Waals surface area (Å²) in [6.45, 7) is 2.31. The molecule has 0 amide bonds. The van der Waals surface area contributed by atoms with Crippen LogP contribution >= 0.6 is 11.3 Å². The Kier molecular flexibility index (Phi) is 3.62. The van der Waals surface area contributed by atoms with Gasteiger partial charge in [0.05, 0.1) is 12.3 Å². The van der Waals surface area contributed by atoms with Gasteiger partial charge in [0.15, 0.2) is 0 Å². The van der Waals surface area contributed by atoms with Crippen LogP contribution in [0.2, 0.25) is 0 Å². The summed E-state index contributed by atoms with van der Waals surface area (Å²) in [7, 11) is 1.77. The molecule has 1 saturated carbocycles. The van der Waals surface area contributed by atoms with Crippen molar-refractivity contribution in [2.24, 2.45) is 5.92 Å². The lowest BCUT2D eigenvalue weighted by atomic mass is 9.80. The maximum Gasteiger partial charge on any atom is 0.125 e. The molecule has 90 valence electrons. The summed E-state index contributed by atoms with van der Waals surface area (Å²) in [5.41, 5.74) is 0.569. The highest BCUT2D eigenvalue weighted by molar-refractivity contribution is 7.09. The van der Waals surface area contributed by atoms with Crippen molar-refractivity contribution in [1.29, 1.82) is 0 Å². The number of rotatable bonds is 3. The second-order valence-corrected chi connectivity index (χ2v) is 5.54. The first-order chi connectivity index (χ1) is 7.70. The highest BCUT2D eigenvalue weighted by atomic mass is 32.1. The van der Waals surface area contributed by atoms with E-state index in [1.807, 2.05) is 5.38 Å². The lowest BCUT2D eigenvalue weighted by Crippen LogP contribution is -2.33. The van der Waals surface area contributed by atoms with Gasteiger partial charge in [-0.3, -0.25) is 0 Å². The van der Waals surface area contributed by atoms with E-state index in [9.17, 15) is 0 Å². The van der Waals surface area contributed by atoms with Crippen molar-refractivity contribution >= 4 is 11.3 Å². The molecule has 1 heterocycles. The van der Waals surface area contributed by atoms with E-state index < -0.39 is 0 Å². The smallest absolute Gasteiger partial charge is 0.125 e. The Morgan fingerprint density at radius 3 is 2.75 bits per heavy atom. The zero-order valence-corrected chi connectivity index (χ0v) is 10.7. The second kappa shape index (κ2) is 4.82. The number of methoxy groups -OCH3 is 1. The zero-order valence-electron chi connectivity index (χ0n) is 9.90. The van der Waals surface area contributed by atoms with Crippen LogP contribution < -0.4 is 0 Å². The van der Waals surface area contributed by atoms with Gasteiger partial charge in [-0.2, -0.15) is 0 Å². The van der Waals surface area contributed by atoms with E-state index >= 15 is 0 Å². The number of aromatic nitrogens is 1. The van der Waals surface area contributed by atoms with Gasteiger partial charge in [-0.1, -0.05) is 6.92 Å². The molecule has 1 aliphatic rings. The predicted molar refractivity (Wildman–Crippen MR) is 64.4 cm³/mol. The summed E-state index contributed by atoms with van der Waals surface area (Å²) in [5, 5.41) is 12.0. The van der Waals surface area contributed by atoms with E-state index in [1.54, 1.807) is 18.4 Å². The quantitative estimate of drug-likeness (QED) is 0.884. The van der Waals surface area contributed by atoms with E-state index in [2.05, 4.69) is 11.9 Å². The molecule has 0 aliphatic heterocycles. The molecule has 1 N–H and O–H groups in total. The molecule has 0 radical (unpaired) electrons. The molecule has 0 spiro atoms. The average molecular weight is 241 g/mol. The van der Waals surface area contributed by atoms with E-state index in [1.165, 1.54) is 12.8 Å². The van der Waals surface area contributed by atoms with Crippen molar-refractivity contribution in [2.45, 2.75) is 44.8 Å². The van der Waals surface area contributed by atoms with Crippen molar-refractivity contribution < 1.29 is 9.84 Å². The first kappa shape index (κ1) is 12.0. The second-order valence-electron chi connectivity index (χ2n) is 4.68. The molecule has 0 aromatic carbocycles. The van der Waals surface area contributed by atoms with Gasteiger partial charge in [0, 0.05) is 12.5 Å². The minimum Gasteiger partial charge on any atom is -0.390 e. The predicted octanol–water partition coefficient (Wildman–Crippen LogP) is 2.69. The van der Waals surface area contributed by atoms with Crippen molar-refractivity contribution in [3.05, 3.63) is 16.1 Å². The van der Waals surface area contributed by atoms with E-state index in [4.69, 9.17) is 9.84 Å². The van der Waals surface area contributed by atoms with Crippen LogP contribution in [0.15, 0.2) is 5.38 Å². The number of ether oxygens (including phenoxy) is 1. The van der Waals surface area contributed by atoms with Crippen molar-refractivity contribution in [1.82, 2.24) is 4.98 Å². The Bertz CT molecular complexity index is 343. The molecule has 1 fully saturated rings.